The molecule has 0 atom stereocenters. The summed E-state index contributed by atoms with van der Waals surface area (Å²) >= 11 is 15.5. The molecule has 4 rings (SSSR count). The first-order valence-corrected chi connectivity index (χ1v) is 12.5. The summed E-state index contributed by atoms with van der Waals surface area (Å²) in [7, 11) is 3.44. The zero-order chi connectivity index (χ0) is 23.5. The number of benzene rings is 2. The van der Waals surface area contributed by atoms with Gasteiger partial charge in [0, 0.05) is 28.1 Å². The van der Waals surface area contributed by atoms with Gasteiger partial charge in [0.25, 0.3) is 5.91 Å². The lowest BCUT2D eigenvalue weighted by Gasteiger charge is -2.30. The maximum atomic E-state index is 13.3. The van der Waals surface area contributed by atoms with Gasteiger partial charge in [0.05, 0.1) is 7.11 Å². The second-order valence-electron chi connectivity index (χ2n) is 8.24. The Morgan fingerprint density at radius 2 is 1.91 bits per heavy atom. The van der Waals surface area contributed by atoms with E-state index >= 15 is 0 Å². The number of likely N-dealkylation sites (N-methyl/N-ethyl adjacent to an activating group) is 1. The molecule has 5 nitrogen and oxygen atoms in total. The molecule has 2 fully saturated rings. The Balaban J connectivity index is 1.59. The van der Waals surface area contributed by atoms with Crippen molar-refractivity contribution in [2.24, 2.45) is 0 Å². The summed E-state index contributed by atoms with van der Waals surface area (Å²) in [6.45, 7) is 0.314. The molecule has 1 saturated heterocycles. The summed E-state index contributed by atoms with van der Waals surface area (Å²) < 4.78 is 12.3. The molecule has 0 spiro atoms. The maximum absolute atomic E-state index is 13.3. The van der Waals surface area contributed by atoms with Crippen molar-refractivity contribution in [3.05, 3.63) is 62.7 Å². The number of amides is 1. The molecular weight excluding hydrogens is 524 g/mol. The molecule has 0 aromatic heterocycles. The van der Waals surface area contributed by atoms with E-state index in [0.717, 1.165) is 41.3 Å². The van der Waals surface area contributed by atoms with Crippen molar-refractivity contribution in [1.82, 2.24) is 9.80 Å². The Kier molecular flexibility index (Phi) is 7.62. The minimum absolute atomic E-state index is 0.0423. The van der Waals surface area contributed by atoms with Crippen molar-refractivity contribution in [2.45, 2.75) is 44.8 Å². The standard InChI is InChI=1S/C25H26BrClN2O3S/c1-28-21(24(30)29(25(28)33)18-9-4-3-5-10-18)12-17-13-22(31-2)23(14-19(17)26)32-15-16-8-6-7-11-20(16)27/h6-8,11-14,18H,3-5,9-10,15H2,1-2H3/b21-12-. The number of carbonyl (C=O) groups is 1. The predicted molar refractivity (Wildman–Crippen MR) is 139 cm³/mol. The molecular formula is C25H26BrClN2O3S. The Morgan fingerprint density at radius 1 is 1.18 bits per heavy atom. The van der Waals surface area contributed by atoms with Crippen LogP contribution >= 0.6 is 39.7 Å². The van der Waals surface area contributed by atoms with Gasteiger partial charge in [-0.2, -0.15) is 0 Å². The highest BCUT2D eigenvalue weighted by Gasteiger charge is 2.40. The van der Waals surface area contributed by atoms with Crippen molar-refractivity contribution in [2.75, 3.05) is 14.2 Å². The first-order chi connectivity index (χ1) is 15.9. The predicted octanol–water partition coefficient (Wildman–Crippen LogP) is 6.42. The van der Waals surface area contributed by atoms with Crippen LogP contribution in [-0.4, -0.2) is 41.0 Å². The van der Waals surface area contributed by atoms with Crippen molar-refractivity contribution in [3.63, 3.8) is 0 Å². The van der Waals surface area contributed by atoms with Gasteiger partial charge in [-0.1, -0.05) is 65.0 Å². The van der Waals surface area contributed by atoms with Crippen LogP contribution in [-0.2, 0) is 11.4 Å². The molecule has 1 heterocycles. The molecule has 2 aromatic rings. The Bertz CT molecular complexity index is 1100. The molecule has 0 radical (unpaired) electrons. The minimum Gasteiger partial charge on any atom is -0.493 e. The maximum Gasteiger partial charge on any atom is 0.277 e. The number of nitrogens with zero attached hydrogens (tertiary/aromatic N) is 2. The largest absolute Gasteiger partial charge is 0.493 e. The Morgan fingerprint density at radius 3 is 2.61 bits per heavy atom. The van der Waals surface area contributed by atoms with Gasteiger partial charge >= 0.3 is 0 Å². The molecule has 1 aliphatic heterocycles. The van der Waals surface area contributed by atoms with Crippen molar-refractivity contribution in [3.8, 4) is 11.5 Å². The van der Waals surface area contributed by atoms with Crippen LogP contribution < -0.4 is 9.47 Å². The van der Waals surface area contributed by atoms with Gasteiger partial charge in [0.2, 0.25) is 0 Å². The molecule has 2 aromatic carbocycles. The molecule has 1 saturated carbocycles. The monoisotopic (exact) mass is 548 g/mol. The van der Waals surface area contributed by atoms with Crippen molar-refractivity contribution < 1.29 is 14.3 Å². The van der Waals surface area contributed by atoms with Crippen LogP contribution in [0.2, 0.25) is 5.02 Å². The molecule has 2 aliphatic rings. The van der Waals surface area contributed by atoms with Crippen LogP contribution in [0.1, 0.15) is 43.2 Å². The first-order valence-electron chi connectivity index (χ1n) is 11.0. The summed E-state index contributed by atoms with van der Waals surface area (Å²) in [5.41, 5.74) is 2.25. The third kappa shape index (κ3) is 5.05. The van der Waals surface area contributed by atoms with Crippen LogP contribution in [0, 0.1) is 0 Å². The molecule has 33 heavy (non-hydrogen) atoms. The average molecular weight is 550 g/mol. The molecule has 0 N–H and O–H groups in total. The lowest BCUT2D eigenvalue weighted by atomic mass is 9.94. The summed E-state index contributed by atoms with van der Waals surface area (Å²) in [6.07, 6.45) is 7.35. The van der Waals surface area contributed by atoms with E-state index in [9.17, 15) is 4.79 Å². The molecule has 174 valence electrons. The van der Waals surface area contributed by atoms with Gasteiger partial charge in [-0.3, -0.25) is 9.69 Å². The molecule has 0 bridgehead atoms. The molecule has 8 heteroatoms. The van der Waals surface area contributed by atoms with Gasteiger partial charge in [-0.05, 0) is 54.9 Å². The normalized spacial score (nSPS) is 18.4. The van der Waals surface area contributed by atoms with Gasteiger partial charge in [-0.25, -0.2) is 0 Å². The fourth-order valence-corrected chi connectivity index (χ4v) is 5.25. The van der Waals surface area contributed by atoms with Gasteiger partial charge in [-0.15, -0.1) is 0 Å². The van der Waals surface area contributed by atoms with E-state index in [4.69, 9.17) is 33.3 Å². The SMILES string of the molecule is COc1cc(/C=C2/C(=O)N(C3CCCCC3)C(=S)N2C)c(Br)cc1OCc1ccccc1Cl. The van der Waals surface area contributed by atoms with E-state index < -0.39 is 0 Å². The van der Waals surface area contributed by atoms with Gasteiger partial charge in [0.15, 0.2) is 16.6 Å². The molecule has 0 unspecified atom stereocenters. The minimum atomic E-state index is -0.0423. The van der Waals surface area contributed by atoms with Gasteiger partial charge in [0.1, 0.15) is 12.3 Å². The Hall–Kier alpha value is -2.09. The van der Waals surface area contributed by atoms with E-state index in [0.29, 0.717) is 33.9 Å². The van der Waals surface area contributed by atoms with Crippen LogP contribution in [0.25, 0.3) is 6.08 Å². The van der Waals surface area contributed by atoms with E-state index in [1.807, 2.05) is 49.5 Å². The highest BCUT2D eigenvalue weighted by atomic mass is 79.9. The second kappa shape index (κ2) is 10.5. The zero-order valence-electron chi connectivity index (χ0n) is 18.6. The number of carbonyl (C=O) groups excluding carboxylic acids is 1. The fourth-order valence-electron chi connectivity index (χ4n) is 4.29. The number of hydrogen-bond donors (Lipinski definition) is 0. The molecule has 1 aliphatic carbocycles. The lowest BCUT2D eigenvalue weighted by molar-refractivity contribution is -0.124. The number of thiocarbonyl (C=S) groups is 1. The van der Waals surface area contributed by atoms with E-state index in [1.54, 1.807) is 16.9 Å². The van der Waals surface area contributed by atoms with Crippen LogP contribution in [0.15, 0.2) is 46.6 Å². The third-order valence-corrected chi connectivity index (χ3v) is 7.67. The van der Waals surface area contributed by atoms with Crippen molar-refractivity contribution in [1.29, 1.82) is 0 Å². The van der Waals surface area contributed by atoms with E-state index in [2.05, 4.69) is 15.9 Å². The number of hydrogen-bond acceptors (Lipinski definition) is 4. The average Bonchev–Trinajstić information content (AvgIpc) is 3.03. The van der Waals surface area contributed by atoms with Crippen LogP contribution in [0.3, 0.4) is 0 Å². The van der Waals surface area contributed by atoms with Crippen molar-refractivity contribution >= 4 is 56.8 Å². The summed E-state index contributed by atoms with van der Waals surface area (Å²) in [4.78, 5) is 16.9. The summed E-state index contributed by atoms with van der Waals surface area (Å²) in [5.74, 6) is 1.10. The Labute approximate surface area is 213 Å². The number of rotatable bonds is 6. The number of methoxy groups -OCH3 is 1. The number of ether oxygens (including phenoxy) is 2. The summed E-state index contributed by atoms with van der Waals surface area (Å²) in [6, 6.07) is 11.4. The zero-order valence-corrected chi connectivity index (χ0v) is 21.8. The smallest absolute Gasteiger partial charge is 0.277 e. The van der Waals surface area contributed by atoms with Crippen LogP contribution in [0.4, 0.5) is 0 Å². The second-order valence-corrected chi connectivity index (χ2v) is 9.87. The lowest BCUT2D eigenvalue weighted by Crippen LogP contribution is -2.41. The highest BCUT2D eigenvalue weighted by molar-refractivity contribution is 9.10. The molecule has 1 amide bonds. The summed E-state index contributed by atoms with van der Waals surface area (Å²) in [5, 5.41) is 1.22. The first kappa shape index (κ1) is 24.0. The highest BCUT2D eigenvalue weighted by Crippen LogP contribution is 2.37. The number of halogens is 2. The topological polar surface area (TPSA) is 42.0 Å². The van der Waals surface area contributed by atoms with E-state index in [-0.39, 0.29) is 11.9 Å². The van der Waals surface area contributed by atoms with Gasteiger partial charge < -0.3 is 14.4 Å². The quantitative estimate of drug-likeness (QED) is 0.307. The third-order valence-electron chi connectivity index (χ3n) is 6.15. The fraction of sp³-hybridized carbons (Fsp3) is 0.360. The van der Waals surface area contributed by atoms with Crippen LogP contribution in [0.5, 0.6) is 11.5 Å². The van der Waals surface area contributed by atoms with E-state index in [1.165, 1.54) is 6.42 Å².